The first kappa shape index (κ1) is 14.8. The van der Waals surface area contributed by atoms with Gasteiger partial charge in [0.05, 0.1) is 16.3 Å². The highest BCUT2D eigenvalue weighted by atomic mass is 79.9. The molecule has 0 saturated carbocycles. The average Bonchev–Trinajstić information content (AvgIpc) is 3.21. The van der Waals surface area contributed by atoms with E-state index < -0.39 is 0 Å². The second-order valence-electron chi connectivity index (χ2n) is 5.68. The van der Waals surface area contributed by atoms with Gasteiger partial charge < -0.3 is 4.90 Å². The van der Waals surface area contributed by atoms with Crippen LogP contribution in [-0.2, 0) is 0 Å². The predicted molar refractivity (Wildman–Crippen MR) is 96.8 cm³/mol. The molecule has 2 heterocycles. The Kier molecular flexibility index (Phi) is 3.91. The zero-order valence-corrected chi connectivity index (χ0v) is 14.8. The summed E-state index contributed by atoms with van der Waals surface area (Å²) >= 11 is 5.11. The largest absolute Gasteiger partial charge is 0.329 e. The van der Waals surface area contributed by atoms with Crippen LogP contribution in [0.25, 0.3) is 10.2 Å². The molecule has 2 aromatic carbocycles. The maximum absolute atomic E-state index is 12.8. The summed E-state index contributed by atoms with van der Waals surface area (Å²) in [6, 6.07) is 15.8. The van der Waals surface area contributed by atoms with Crippen molar-refractivity contribution in [2.45, 2.75) is 18.9 Å². The summed E-state index contributed by atoms with van der Waals surface area (Å²) in [5.74, 6) is 0.0965. The van der Waals surface area contributed by atoms with Crippen LogP contribution in [0.3, 0.4) is 0 Å². The number of thiazole rings is 1. The SMILES string of the molecule is O=C(c1ccc(Br)cc1)N1CCCC1c1nc2ccccc2s1. The van der Waals surface area contributed by atoms with Gasteiger partial charge in [-0.15, -0.1) is 11.3 Å². The van der Waals surface area contributed by atoms with Crippen LogP contribution in [0.15, 0.2) is 53.0 Å². The van der Waals surface area contributed by atoms with Crippen molar-refractivity contribution in [3.8, 4) is 0 Å². The molecule has 1 amide bonds. The first-order valence-electron chi connectivity index (χ1n) is 7.64. The number of amides is 1. The highest BCUT2D eigenvalue weighted by Gasteiger charge is 2.32. The van der Waals surface area contributed by atoms with E-state index in [4.69, 9.17) is 4.98 Å². The van der Waals surface area contributed by atoms with Gasteiger partial charge in [0, 0.05) is 16.6 Å². The molecule has 3 nitrogen and oxygen atoms in total. The van der Waals surface area contributed by atoms with Gasteiger partial charge in [-0.2, -0.15) is 0 Å². The Balaban J connectivity index is 1.65. The molecule has 0 spiro atoms. The van der Waals surface area contributed by atoms with E-state index in [9.17, 15) is 4.79 Å². The third-order valence-corrected chi connectivity index (χ3v) is 5.87. The van der Waals surface area contributed by atoms with Gasteiger partial charge in [0.2, 0.25) is 0 Å². The first-order chi connectivity index (χ1) is 11.2. The second kappa shape index (κ2) is 6.06. The fourth-order valence-electron chi connectivity index (χ4n) is 3.06. The molecular formula is C18H15BrN2OS. The van der Waals surface area contributed by atoms with Crippen LogP contribution in [0, 0.1) is 0 Å². The summed E-state index contributed by atoms with van der Waals surface area (Å²) in [6.45, 7) is 0.801. The molecule has 1 aliphatic rings. The molecule has 1 atom stereocenters. The lowest BCUT2D eigenvalue weighted by Gasteiger charge is -2.23. The maximum Gasteiger partial charge on any atom is 0.254 e. The average molecular weight is 387 g/mol. The van der Waals surface area contributed by atoms with E-state index in [0.717, 1.165) is 39.9 Å². The number of hydrogen-bond acceptors (Lipinski definition) is 3. The van der Waals surface area contributed by atoms with Crippen LogP contribution in [0.4, 0.5) is 0 Å². The minimum atomic E-state index is 0.0965. The van der Waals surface area contributed by atoms with Gasteiger partial charge in [-0.05, 0) is 49.2 Å². The summed E-state index contributed by atoms with van der Waals surface area (Å²) in [7, 11) is 0. The van der Waals surface area contributed by atoms with Gasteiger partial charge in [-0.25, -0.2) is 4.98 Å². The van der Waals surface area contributed by atoms with Crippen LogP contribution in [0.5, 0.6) is 0 Å². The van der Waals surface area contributed by atoms with Gasteiger partial charge in [0.15, 0.2) is 0 Å². The number of para-hydroxylation sites is 1. The molecule has 1 aromatic heterocycles. The Labute approximate surface area is 147 Å². The summed E-state index contributed by atoms with van der Waals surface area (Å²) in [6.07, 6.45) is 2.02. The van der Waals surface area contributed by atoms with Gasteiger partial charge in [-0.1, -0.05) is 28.1 Å². The number of carbonyl (C=O) groups is 1. The number of carbonyl (C=O) groups excluding carboxylic acids is 1. The van der Waals surface area contributed by atoms with E-state index in [2.05, 4.69) is 22.0 Å². The molecule has 23 heavy (non-hydrogen) atoms. The number of rotatable bonds is 2. The van der Waals surface area contributed by atoms with Gasteiger partial charge in [0.25, 0.3) is 5.91 Å². The molecule has 0 N–H and O–H groups in total. The number of fused-ring (bicyclic) bond motifs is 1. The van der Waals surface area contributed by atoms with E-state index in [-0.39, 0.29) is 11.9 Å². The third kappa shape index (κ3) is 2.79. The van der Waals surface area contributed by atoms with Crippen molar-refractivity contribution in [3.05, 3.63) is 63.6 Å². The molecule has 1 saturated heterocycles. The Morgan fingerprint density at radius 2 is 1.96 bits per heavy atom. The molecule has 1 aliphatic heterocycles. The number of likely N-dealkylation sites (tertiary alicyclic amines) is 1. The number of benzene rings is 2. The van der Waals surface area contributed by atoms with Gasteiger partial charge >= 0.3 is 0 Å². The van der Waals surface area contributed by atoms with Crippen molar-refractivity contribution in [2.75, 3.05) is 6.54 Å². The lowest BCUT2D eigenvalue weighted by Crippen LogP contribution is -2.30. The monoisotopic (exact) mass is 386 g/mol. The van der Waals surface area contributed by atoms with Crippen LogP contribution < -0.4 is 0 Å². The molecule has 1 fully saturated rings. The van der Waals surface area contributed by atoms with E-state index >= 15 is 0 Å². The quantitative estimate of drug-likeness (QED) is 0.618. The van der Waals surface area contributed by atoms with Crippen molar-refractivity contribution in [3.63, 3.8) is 0 Å². The normalized spacial score (nSPS) is 17.8. The molecule has 0 bridgehead atoms. The fourth-order valence-corrected chi connectivity index (χ4v) is 4.44. The number of aromatic nitrogens is 1. The smallest absolute Gasteiger partial charge is 0.254 e. The Morgan fingerprint density at radius 3 is 2.74 bits per heavy atom. The molecule has 0 aliphatic carbocycles. The van der Waals surface area contributed by atoms with Gasteiger partial charge in [-0.3, -0.25) is 4.79 Å². The highest BCUT2D eigenvalue weighted by Crippen LogP contribution is 2.37. The van der Waals surface area contributed by atoms with Gasteiger partial charge in [0.1, 0.15) is 5.01 Å². The second-order valence-corrected chi connectivity index (χ2v) is 7.66. The minimum absolute atomic E-state index is 0.0965. The zero-order chi connectivity index (χ0) is 15.8. The van der Waals surface area contributed by atoms with E-state index in [1.807, 2.05) is 47.4 Å². The van der Waals surface area contributed by atoms with Crippen molar-refractivity contribution in [2.24, 2.45) is 0 Å². The third-order valence-electron chi connectivity index (χ3n) is 4.20. The van der Waals surface area contributed by atoms with Crippen LogP contribution >= 0.6 is 27.3 Å². The standard InChI is InChI=1S/C18H15BrN2OS/c19-13-9-7-12(8-10-13)18(22)21-11-3-5-15(21)17-20-14-4-1-2-6-16(14)23-17/h1-2,4,6-10,15H,3,5,11H2. The van der Waals surface area contributed by atoms with Crippen LogP contribution in [0.1, 0.15) is 34.2 Å². The van der Waals surface area contributed by atoms with Crippen LogP contribution in [-0.4, -0.2) is 22.3 Å². The van der Waals surface area contributed by atoms with Crippen molar-refractivity contribution >= 4 is 43.4 Å². The van der Waals surface area contributed by atoms with E-state index in [1.165, 1.54) is 4.70 Å². The fraction of sp³-hybridized carbons (Fsp3) is 0.222. The predicted octanol–water partition coefficient (Wildman–Crippen LogP) is 5.04. The van der Waals surface area contributed by atoms with Crippen molar-refractivity contribution in [1.29, 1.82) is 0 Å². The van der Waals surface area contributed by atoms with E-state index in [0.29, 0.717) is 0 Å². The Hall–Kier alpha value is -1.72. The highest BCUT2D eigenvalue weighted by molar-refractivity contribution is 9.10. The number of hydrogen-bond donors (Lipinski definition) is 0. The molecule has 5 heteroatoms. The molecule has 0 radical (unpaired) electrons. The van der Waals surface area contributed by atoms with Crippen molar-refractivity contribution < 1.29 is 4.79 Å². The van der Waals surface area contributed by atoms with E-state index in [1.54, 1.807) is 11.3 Å². The first-order valence-corrected chi connectivity index (χ1v) is 9.25. The summed E-state index contributed by atoms with van der Waals surface area (Å²) in [4.78, 5) is 19.6. The number of halogens is 1. The van der Waals surface area contributed by atoms with Crippen LogP contribution in [0.2, 0.25) is 0 Å². The summed E-state index contributed by atoms with van der Waals surface area (Å²) in [5, 5.41) is 1.05. The Bertz CT molecular complexity index is 826. The lowest BCUT2D eigenvalue weighted by atomic mass is 10.1. The molecule has 3 aromatic rings. The topological polar surface area (TPSA) is 33.2 Å². The molecular weight excluding hydrogens is 372 g/mol. The number of nitrogens with zero attached hydrogens (tertiary/aromatic N) is 2. The molecule has 1 unspecified atom stereocenters. The molecule has 4 rings (SSSR count). The van der Waals surface area contributed by atoms with Crippen molar-refractivity contribution in [1.82, 2.24) is 9.88 Å². The lowest BCUT2D eigenvalue weighted by molar-refractivity contribution is 0.0735. The Morgan fingerprint density at radius 1 is 1.17 bits per heavy atom. The maximum atomic E-state index is 12.8. The summed E-state index contributed by atoms with van der Waals surface area (Å²) < 4.78 is 2.17. The molecule has 116 valence electrons. The summed E-state index contributed by atoms with van der Waals surface area (Å²) in [5.41, 5.74) is 1.76. The minimum Gasteiger partial charge on any atom is -0.329 e. The zero-order valence-electron chi connectivity index (χ0n) is 12.4.